The zero-order valence-electron chi connectivity index (χ0n) is 13.7. The van der Waals surface area contributed by atoms with Crippen molar-refractivity contribution in [1.29, 1.82) is 0 Å². The lowest BCUT2D eigenvalue weighted by Crippen LogP contribution is -2.12. The van der Waals surface area contributed by atoms with E-state index in [0.717, 1.165) is 11.1 Å². The minimum atomic E-state index is -3.51. The van der Waals surface area contributed by atoms with Gasteiger partial charge in [-0.05, 0) is 34.6 Å². The molecular weight excluding hydrogens is 344 g/mol. The number of aromatic nitrogens is 2. The van der Waals surface area contributed by atoms with Crippen molar-refractivity contribution < 1.29 is 12.9 Å². The smallest absolute Gasteiger partial charge is 0.258 e. The Hall–Kier alpha value is -1.99. The van der Waals surface area contributed by atoms with Gasteiger partial charge in [0.1, 0.15) is 5.75 Å². The molecule has 0 spiro atoms. The highest BCUT2D eigenvalue weighted by atomic mass is 32.2. The molecule has 126 valence electrons. The number of nitrogens with zero attached hydrogens (tertiary/aromatic N) is 2. The van der Waals surface area contributed by atoms with Crippen LogP contribution in [0.2, 0.25) is 0 Å². The van der Waals surface area contributed by atoms with Crippen LogP contribution in [0.5, 0.6) is 0 Å². The number of sulfone groups is 1. The fourth-order valence-electron chi connectivity index (χ4n) is 2.23. The fourth-order valence-corrected chi connectivity index (χ4v) is 4.04. The Balaban J connectivity index is 1.81. The summed E-state index contributed by atoms with van der Waals surface area (Å²) < 4.78 is 30.2. The molecule has 2 aromatic heterocycles. The third kappa shape index (κ3) is 3.57. The predicted octanol–water partition coefficient (Wildman–Crippen LogP) is 4.07. The van der Waals surface area contributed by atoms with Gasteiger partial charge in [-0.15, -0.1) is 0 Å². The first-order valence-corrected chi connectivity index (χ1v) is 10.0. The molecule has 0 radical (unpaired) electrons. The van der Waals surface area contributed by atoms with Crippen LogP contribution >= 0.6 is 11.3 Å². The fraction of sp³-hybridized carbons (Fsp3) is 0.294. The van der Waals surface area contributed by atoms with E-state index in [4.69, 9.17) is 4.52 Å². The van der Waals surface area contributed by atoms with E-state index in [1.54, 1.807) is 12.1 Å². The highest BCUT2D eigenvalue weighted by molar-refractivity contribution is 7.90. The Morgan fingerprint density at radius 2 is 1.83 bits per heavy atom. The molecule has 7 heteroatoms. The number of hydrogen-bond donors (Lipinski definition) is 0. The topological polar surface area (TPSA) is 73.1 Å². The highest BCUT2D eigenvalue weighted by Crippen LogP contribution is 2.25. The molecule has 0 bridgehead atoms. The zero-order valence-corrected chi connectivity index (χ0v) is 15.3. The molecule has 3 aromatic rings. The minimum Gasteiger partial charge on any atom is -0.334 e. The molecule has 0 N–H and O–H groups in total. The second-order valence-electron chi connectivity index (χ2n) is 6.56. The second kappa shape index (κ2) is 6.14. The van der Waals surface area contributed by atoms with Crippen LogP contribution < -0.4 is 0 Å². The summed E-state index contributed by atoms with van der Waals surface area (Å²) in [5.41, 5.74) is 1.86. The van der Waals surface area contributed by atoms with Gasteiger partial charge < -0.3 is 4.52 Å². The first-order valence-electron chi connectivity index (χ1n) is 7.44. The molecular formula is C17H18N2O3S2. The summed E-state index contributed by atoms with van der Waals surface area (Å²) in [4.78, 5) is 4.43. The van der Waals surface area contributed by atoms with Crippen molar-refractivity contribution >= 4 is 21.2 Å². The van der Waals surface area contributed by atoms with Crippen molar-refractivity contribution in [2.75, 3.05) is 0 Å². The Kier molecular flexibility index (Phi) is 4.31. The molecule has 1 aromatic carbocycles. The summed E-state index contributed by atoms with van der Waals surface area (Å²) in [5.74, 6) is 0.218. The van der Waals surface area contributed by atoms with E-state index in [2.05, 4.69) is 30.9 Å². The summed E-state index contributed by atoms with van der Waals surface area (Å²) in [6.45, 7) is 6.26. The molecule has 0 aliphatic carbocycles. The van der Waals surface area contributed by atoms with Crippen molar-refractivity contribution in [1.82, 2.24) is 10.1 Å². The van der Waals surface area contributed by atoms with Gasteiger partial charge in [0.15, 0.2) is 15.7 Å². The van der Waals surface area contributed by atoms with Gasteiger partial charge in [0.25, 0.3) is 5.89 Å². The van der Waals surface area contributed by atoms with E-state index in [9.17, 15) is 8.42 Å². The number of rotatable bonds is 4. The number of benzene rings is 1. The van der Waals surface area contributed by atoms with Gasteiger partial charge in [-0.1, -0.05) is 38.1 Å². The Morgan fingerprint density at radius 1 is 1.12 bits per heavy atom. The monoisotopic (exact) mass is 362 g/mol. The lowest BCUT2D eigenvalue weighted by Gasteiger charge is -2.19. The van der Waals surface area contributed by atoms with E-state index in [1.165, 1.54) is 11.3 Å². The maximum absolute atomic E-state index is 12.5. The SMILES string of the molecule is CC(C)(C)c1ccc(S(=O)(=O)Cc2noc(-c3ccsc3)n2)cc1. The average molecular weight is 362 g/mol. The largest absolute Gasteiger partial charge is 0.334 e. The van der Waals surface area contributed by atoms with Gasteiger partial charge in [-0.3, -0.25) is 0 Å². The van der Waals surface area contributed by atoms with Crippen LogP contribution in [0.25, 0.3) is 11.5 Å². The van der Waals surface area contributed by atoms with Crippen molar-refractivity contribution in [3.05, 3.63) is 52.5 Å². The molecule has 24 heavy (non-hydrogen) atoms. The van der Waals surface area contributed by atoms with E-state index >= 15 is 0 Å². The van der Waals surface area contributed by atoms with Crippen LogP contribution in [0, 0.1) is 0 Å². The van der Waals surface area contributed by atoms with E-state index in [-0.39, 0.29) is 21.9 Å². The van der Waals surface area contributed by atoms with Crippen LogP contribution in [-0.2, 0) is 21.0 Å². The molecule has 2 heterocycles. The lowest BCUT2D eigenvalue weighted by atomic mass is 9.87. The number of thiophene rings is 1. The molecule has 0 saturated heterocycles. The van der Waals surface area contributed by atoms with Crippen LogP contribution in [-0.4, -0.2) is 18.6 Å². The minimum absolute atomic E-state index is 0.0224. The van der Waals surface area contributed by atoms with E-state index < -0.39 is 9.84 Å². The van der Waals surface area contributed by atoms with Gasteiger partial charge in [0.05, 0.1) is 10.5 Å². The van der Waals surface area contributed by atoms with Gasteiger partial charge in [0, 0.05) is 5.38 Å². The van der Waals surface area contributed by atoms with Crippen LogP contribution in [0.1, 0.15) is 32.2 Å². The molecule has 0 atom stereocenters. The van der Waals surface area contributed by atoms with Gasteiger partial charge >= 0.3 is 0 Å². The normalized spacial score (nSPS) is 12.5. The molecule has 0 aliphatic heterocycles. The average Bonchev–Trinajstić information content (AvgIpc) is 3.17. The Labute approximate surface area is 145 Å². The van der Waals surface area contributed by atoms with Crippen molar-refractivity contribution in [3.63, 3.8) is 0 Å². The highest BCUT2D eigenvalue weighted by Gasteiger charge is 2.21. The van der Waals surface area contributed by atoms with Crippen LogP contribution in [0.4, 0.5) is 0 Å². The van der Waals surface area contributed by atoms with Crippen LogP contribution in [0.15, 0.2) is 50.5 Å². The summed E-state index contributed by atoms with van der Waals surface area (Å²) in [6, 6.07) is 8.81. The standard InChI is InChI=1S/C17H18N2O3S2/c1-17(2,3)13-4-6-14(7-5-13)24(20,21)11-15-18-16(22-19-15)12-8-9-23-10-12/h4-10H,11H2,1-3H3. The zero-order chi connectivity index (χ0) is 17.4. The van der Waals surface area contributed by atoms with Gasteiger partial charge in [-0.25, -0.2) is 8.42 Å². The third-order valence-electron chi connectivity index (χ3n) is 3.63. The third-order valence-corrected chi connectivity index (χ3v) is 5.95. The number of hydrogen-bond acceptors (Lipinski definition) is 6. The van der Waals surface area contributed by atoms with Gasteiger partial charge in [-0.2, -0.15) is 16.3 Å². The summed E-state index contributed by atoms with van der Waals surface area (Å²) in [6.07, 6.45) is 0. The molecule has 0 saturated carbocycles. The molecule has 5 nitrogen and oxygen atoms in total. The maximum atomic E-state index is 12.5. The van der Waals surface area contributed by atoms with E-state index in [1.807, 2.05) is 29.0 Å². The lowest BCUT2D eigenvalue weighted by molar-refractivity contribution is 0.424. The maximum Gasteiger partial charge on any atom is 0.258 e. The Bertz CT molecular complexity index is 919. The molecule has 0 fully saturated rings. The first kappa shape index (κ1) is 16.9. The van der Waals surface area contributed by atoms with Crippen molar-refractivity contribution in [3.8, 4) is 11.5 Å². The van der Waals surface area contributed by atoms with E-state index in [0.29, 0.717) is 5.89 Å². The van der Waals surface area contributed by atoms with Crippen molar-refractivity contribution in [2.45, 2.75) is 36.8 Å². The first-order chi connectivity index (χ1) is 11.3. The molecule has 3 rings (SSSR count). The molecule has 0 unspecified atom stereocenters. The van der Waals surface area contributed by atoms with Crippen molar-refractivity contribution in [2.24, 2.45) is 0 Å². The second-order valence-corrected chi connectivity index (χ2v) is 9.33. The quantitative estimate of drug-likeness (QED) is 0.699. The summed E-state index contributed by atoms with van der Waals surface area (Å²) in [5, 5.41) is 7.55. The van der Waals surface area contributed by atoms with Crippen LogP contribution in [0.3, 0.4) is 0 Å². The van der Waals surface area contributed by atoms with Gasteiger partial charge in [0.2, 0.25) is 0 Å². The molecule has 0 amide bonds. The summed E-state index contributed by atoms with van der Waals surface area (Å²) in [7, 11) is -3.51. The summed E-state index contributed by atoms with van der Waals surface area (Å²) >= 11 is 1.51. The molecule has 0 aliphatic rings. The predicted molar refractivity (Wildman–Crippen MR) is 93.6 cm³/mol. The Morgan fingerprint density at radius 3 is 2.42 bits per heavy atom.